The lowest BCUT2D eigenvalue weighted by Crippen LogP contribution is -2.56. The van der Waals surface area contributed by atoms with E-state index >= 15 is 0 Å². The first-order valence-corrected chi connectivity index (χ1v) is 7.24. The third kappa shape index (κ3) is 2.85. The lowest BCUT2D eigenvalue weighted by molar-refractivity contribution is -0.0108. The summed E-state index contributed by atoms with van der Waals surface area (Å²) >= 11 is 0. The van der Waals surface area contributed by atoms with E-state index in [1.165, 1.54) is 19.1 Å². The van der Waals surface area contributed by atoms with Crippen molar-refractivity contribution in [1.82, 2.24) is 4.90 Å². The van der Waals surface area contributed by atoms with Gasteiger partial charge in [0.1, 0.15) is 0 Å². The van der Waals surface area contributed by atoms with Crippen molar-refractivity contribution in [3.8, 4) is 0 Å². The summed E-state index contributed by atoms with van der Waals surface area (Å²) in [5.41, 5.74) is -0.811. The molecule has 1 atom stereocenters. The highest BCUT2D eigenvalue weighted by atomic mass is 19.2. The van der Waals surface area contributed by atoms with Gasteiger partial charge in [-0.2, -0.15) is 0 Å². The molecule has 1 fully saturated rings. The molecule has 0 radical (unpaired) electrons. The van der Waals surface area contributed by atoms with Gasteiger partial charge in [-0.1, -0.05) is 13.0 Å². The molecule has 2 rings (SSSR count). The minimum absolute atomic E-state index is 0.172. The summed E-state index contributed by atoms with van der Waals surface area (Å²) in [5.74, 6) is -2.36. The smallest absolute Gasteiger partial charge is 0.185 e. The molecule has 5 heteroatoms. The normalized spacial score (nSPS) is 19.3. The number of carbonyl (C=O) groups excluding carboxylic acids is 1. The van der Waals surface area contributed by atoms with Gasteiger partial charge < -0.3 is 4.74 Å². The molecular formula is C16H21F2NO2. The van der Waals surface area contributed by atoms with E-state index < -0.39 is 17.2 Å². The number of hydrogen-bond donors (Lipinski definition) is 0. The number of benzene rings is 1. The van der Waals surface area contributed by atoms with E-state index in [1.807, 2.05) is 11.8 Å². The van der Waals surface area contributed by atoms with Crippen LogP contribution in [0.15, 0.2) is 12.1 Å². The van der Waals surface area contributed by atoms with Crippen molar-refractivity contribution in [3.63, 3.8) is 0 Å². The maximum atomic E-state index is 14.1. The van der Waals surface area contributed by atoms with E-state index in [1.54, 1.807) is 6.92 Å². The maximum absolute atomic E-state index is 14.1. The number of nitrogens with zero attached hydrogens (tertiary/aromatic N) is 1. The molecule has 1 aromatic carbocycles. The van der Waals surface area contributed by atoms with Crippen LogP contribution in [-0.4, -0.2) is 42.5 Å². The summed E-state index contributed by atoms with van der Waals surface area (Å²) in [6.07, 6.45) is 0.529. The Labute approximate surface area is 123 Å². The van der Waals surface area contributed by atoms with Gasteiger partial charge in [0, 0.05) is 13.1 Å². The van der Waals surface area contributed by atoms with Crippen molar-refractivity contribution in [3.05, 3.63) is 34.9 Å². The third-order valence-corrected chi connectivity index (χ3v) is 4.41. The average Bonchev–Trinajstić information content (AvgIpc) is 2.52. The molecular weight excluding hydrogens is 276 g/mol. The Morgan fingerprint density at radius 3 is 2.48 bits per heavy atom. The second kappa shape index (κ2) is 6.20. The Balaban J connectivity index is 2.38. The Morgan fingerprint density at radius 1 is 1.29 bits per heavy atom. The van der Waals surface area contributed by atoms with E-state index in [2.05, 4.69) is 0 Å². The number of morpholine rings is 1. The van der Waals surface area contributed by atoms with Crippen LogP contribution in [0.4, 0.5) is 8.78 Å². The van der Waals surface area contributed by atoms with Crippen molar-refractivity contribution in [2.45, 2.75) is 32.7 Å². The fourth-order valence-corrected chi connectivity index (χ4v) is 2.70. The molecule has 3 nitrogen and oxygen atoms in total. The molecule has 1 unspecified atom stereocenters. The van der Waals surface area contributed by atoms with Crippen molar-refractivity contribution in [2.75, 3.05) is 26.3 Å². The molecule has 1 saturated heterocycles. The molecule has 1 aliphatic heterocycles. The lowest BCUT2D eigenvalue weighted by Gasteiger charge is -2.41. The number of ketones is 1. The predicted octanol–water partition coefficient (Wildman–Crippen LogP) is 2.96. The van der Waals surface area contributed by atoms with Gasteiger partial charge in [0.25, 0.3) is 0 Å². The number of ether oxygens (including phenoxy) is 1. The predicted molar refractivity (Wildman–Crippen MR) is 76.5 cm³/mol. The Kier molecular flexibility index (Phi) is 4.74. The number of rotatable bonds is 4. The summed E-state index contributed by atoms with van der Waals surface area (Å²) in [4.78, 5) is 14.8. The molecule has 0 spiro atoms. The topological polar surface area (TPSA) is 29.5 Å². The van der Waals surface area contributed by atoms with Crippen LogP contribution in [0.1, 0.15) is 36.2 Å². The highest BCUT2D eigenvalue weighted by molar-refractivity contribution is 6.03. The minimum atomic E-state index is -1.05. The second-order valence-electron chi connectivity index (χ2n) is 5.61. The van der Waals surface area contributed by atoms with Crippen LogP contribution >= 0.6 is 0 Å². The first-order valence-electron chi connectivity index (χ1n) is 7.24. The molecule has 1 aliphatic rings. The van der Waals surface area contributed by atoms with Crippen LogP contribution in [0.2, 0.25) is 0 Å². The molecule has 0 aromatic heterocycles. The largest absolute Gasteiger partial charge is 0.379 e. The quantitative estimate of drug-likeness (QED) is 0.800. The molecule has 1 heterocycles. The lowest BCUT2D eigenvalue weighted by atomic mass is 9.86. The van der Waals surface area contributed by atoms with E-state index in [9.17, 15) is 13.6 Å². The third-order valence-electron chi connectivity index (χ3n) is 4.41. The Hall–Kier alpha value is -1.33. The summed E-state index contributed by atoms with van der Waals surface area (Å²) in [6, 6.07) is 2.82. The molecule has 116 valence electrons. The van der Waals surface area contributed by atoms with Crippen molar-refractivity contribution >= 4 is 5.78 Å². The zero-order valence-corrected chi connectivity index (χ0v) is 12.7. The van der Waals surface area contributed by atoms with Crippen LogP contribution in [0.3, 0.4) is 0 Å². The molecule has 0 amide bonds. The summed E-state index contributed by atoms with van der Waals surface area (Å²) in [6.45, 7) is 7.49. The van der Waals surface area contributed by atoms with Gasteiger partial charge in [-0.15, -0.1) is 0 Å². The zero-order chi connectivity index (χ0) is 15.6. The van der Waals surface area contributed by atoms with Gasteiger partial charge >= 0.3 is 0 Å². The van der Waals surface area contributed by atoms with Gasteiger partial charge in [-0.25, -0.2) is 8.78 Å². The van der Waals surface area contributed by atoms with E-state index in [4.69, 9.17) is 4.74 Å². The molecule has 0 bridgehead atoms. The zero-order valence-electron chi connectivity index (χ0n) is 12.7. The summed E-state index contributed by atoms with van der Waals surface area (Å²) < 4.78 is 33.1. The highest BCUT2D eigenvalue weighted by Gasteiger charge is 2.40. The first kappa shape index (κ1) is 16.0. The van der Waals surface area contributed by atoms with Gasteiger partial charge in [-0.05, 0) is 31.9 Å². The van der Waals surface area contributed by atoms with Crippen LogP contribution in [0, 0.1) is 18.6 Å². The van der Waals surface area contributed by atoms with Gasteiger partial charge in [0.05, 0.1) is 24.3 Å². The fourth-order valence-electron chi connectivity index (χ4n) is 2.70. The SMILES string of the molecule is CCC(C)(C(=O)c1ccc(C)c(F)c1F)N1CCOCC1. The van der Waals surface area contributed by atoms with Crippen LogP contribution in [-0.2, 0) is 4.74 Å². The standard InChI is InChI=1S/C16H21F2NO2/c1-4-16(3,19-7-9-21-10-8-19)15(20)12-6-5-11(2)13(17)14(12)18/h5-6H,4,7-10H2,1-3H3. The van der Waals surface area contributed by atoms with E-state index in [0.717, 1.165) is 0 Å². The maximum Gasteiger partial charge on any atom is 0.185 e. The van der Waals surface area contributed by atoms with Crippen molar-refractivity contribution in [2.24, 2.45) is 0 Å². The van der Waals surface area contributed by atoms with Crippen LogP contribution in [0.5, 0.6) is 0 Å². The van der Waals surface area contributed by atoms with Crippen LogP contribution in [0.25, 0.3) is 0 Å². The number of Topliss-reactive ketones (excluding diaryl/α,β-unsaturated/α-hetero) is 1. The Bertz CT molecular complexity index is 541. The van der Waals surface area contributed by atoms with Crippen molar-refractivity contribution in [1.29, 1.82) is 0 Å². The van der Waals surface area contributed by atoms with Gasteiger partial charge in [-0.3, -0.25) is 9.69 Å². The number of halogens is 2. The van der Waals surface area contributed by atoms with Gasteiger partial charge in [0.15, 0.2) is 17.4 Å². The fraction of sp³-hybridized carbons (Fsp3) is 0.562. The monoisotopic (exact) mass is 297 g/mol. The minimum Gasteiger partial charge on any atom is -0.379 e. The average molecular weight is 297 g/mol. The van der Waals surface area contributed by atoms with Gasteiger partial charge in [0.2, 0.25) is 0 Å². The molecule has 1 aromatic rings. The number of carbonyl (C=O) groups is 1. The summed E-state index contributed by atoms with van der Waals surface area (Å²) in [7, 11) is 0. The highest BCUT2D eigenvalue weighted by Crippen LogP contribution is 2.28. The van der Waals surface area contributed by atoms with Crippen LogP contribution < -0.4 is 0 Å². The molecule has 0 saturated carbocycles. The Morgan fingerprint density at radius 2 is 1.90 bits per heavy atom. The first-order chi connectivity index (χ1) is 9.91. The number of aryl methyl sites for hydroxylation is 1. The molecule has 0 N–H and O–H groups in total. The molecule has 21 heavy (non-hydrogen) atoms. The van der Waals surface area contributed by atoms with Crippen molar-refractivity contribution < 1.29 is 18.3 Å². The number of hydrogen-bond acceptors (Lipinski definition) is 3. The van der Waals surface area contributed by atoms with E-state index in [0.29, 0.717) is 32.7 Å². The summed E-state index contributed by atoms with van der Waals surface area (Å²) in [5, 5.41) is 0. The second-order valence-corrected chi connectivity index (χ2v) is 5.61. The van der Waals surface area contributed by atoms with E-state index in [-0.39, 0.29) is 16.9 Å². The molecule has 0 aliphatic carbocycles.